The third-order valence-electron chi connectivity index (χ3n) is 4.63. The lowest BCUT2D eigenvalue weighted by Crippen LogP contribution is -2.37. The molecule has 3 rings (SSSR count). The molecule has 1 atom stereocenters. The van der Waals surface area contributed by atoms with E-state index in [1.54, 1.807) is 12.3 Å². The van der Waals surface area contributed by atoms with Gasteiger partial charge in [-0.2, -0.15) is 0 Å². The van der Waals surface area contributed by atoms with E-state index in [1.165, 1.54) is 0 Å². The van der Waals surface area contributed by atoms with E-state index in [4.69, 9.17) is 5.11 Å². The quantitative estimate of drug-likeness (QED) is 0.742. The number of carbonyl (C=O) groups excluding carboxylic acids is 1. The van der Waals surface area contributed by atoms with Gasteiger partial charge in [0, 0.05) is 31.7 Å². The number of carbonyl (C=O) groups is 2. The Bertz CT molecular complexity index is 776. The molecule has 0 aliphatic carbocycles. The van der Waals surface area contributed by atoms with Crippen molar-refractivity contribution >= 4 is 17.8 Å². The van der Waals surface area contributed by atoms with E-state index in [1.807, 2.05) is 30.3 Å². The first kappa shape index (κ1) is 18.8. The lowest BCUT2D eigenvalue weighted by molar-refractivity contribution is -0.137. The Morgan fingerprint density at radius 3 is 2.59 bits per heavy atom. The standard InChI is InChI=1S/C20H24N4O3/c25-18(26)9-8-16(14-15-6-2-1-3-7-15)22-19(27)17-10-11-21-20(23-17)24-12-4-5-13-24/h1-3,6-7,10-11,16H,4-5,8-9,12-14H2,(H,22,27)(H,25,26). The van der Waals surface area contributed by atoms with E-state index < -0.39 is 5.97 Å². The van der Waals surface area contributed by atoms with Gasteiger partial charge in [-0.25, -0.2) is 9.97 Å². The van der Waals surface area contributed by atoms with Gasteiger partial charge in [0.15, 0.2) is 0 Å². The van der Waals surface area contributed by atoms with Crippen molar-refractivity contribution in [3.05, 3.63) is 53.9 Å². The third kappa shape index (κ3) is 5.51. The van der Waals surface area contributed by atoms with Crippen molar-refractivity contribution in [2.24, 2.45) is 0 Å². The van der Waals surface area contributed by atoms with Crippen LogP contribution in [0.3, 0.4) is 0 Å². The first-order valence-corrected chi connectivity index (χ1v) is 9.26. The van der Waals surface area contributed by atoms with Crippen molar-refractivity contribution in [3.63, 3.8) is 0 Å². The van der Waals surface area contributed by atoms with Gasteiger partial charge >= 0.3 is 5.97 Å². The second-order valence-electron chi connectivity index (χ2n) is 6.73. The van der Waals surface area contributed by atoms with Gasteiger partial charge < -0.3 is 15.3 Å². The fourth-order valence-corrected chi connectivity index (χ4v) is 3.23. The highest BCUT2D eigenvalue weighted by Crippen LogP contribution is 2.15. The van der Waals surface area contributed by atoms with Crippen molar-refractivity contribution in [1.29, 1.82) is 0 Å². The fourth-order valence-electron chi connectivity index (χ4n) is 3.23. The summed E-state index contributed by atoms with van der Waals surface area (Å²) in [6.45, 7) is 1.81. The maximum Gasteiger partial charge on any atom is 0.303 e. The third-order valence-corrected chi connectivity index (χ3v) is 4.63. The molecule has 1 fully saturated rings. The molecule has 0 radical (unpaired) electrons. The molecule has 7 heteroatoms. The van der Waals surface area contributed by atoms with Crippen molar-refractivity contribution < 1.29 is 14.7 Å². The molecule has 0 saturated carbocycles. The Kier molecular flexibility index (Phi) is 6.35. The number of hydrogen-bond acceptors (Lipinski definition) is 5. The first-order chi connectivity index (χ1) is 13.1. The second-order valence-corrected chi connectivity index (χ2v) is 6.73. The molecule has 1 aromatic heterocycles. The van der Waals surface area contributed by atoms with Crippen LogP contribution in [0.15, 0.2) is 42.6 Å². The molecule has 1 aromatic carbocycles. The monoisotopic (exact) mass is 368 g/mol. The van der Waals surface area contributed by atoms with Crippen molar-refractivity contribution in [1.82, 2.24) is 15.3 Å². The minimum Gasteiger partial charge on any atom is -0.481 e. The summed E-state index contributed by atoms with van der Waals surface area (Å²) in [5.74, 6) is -0.602. The number of anilines is 1. The Morgan fingerprint density at radius 1 is 1.15 bits per heavy atom. The number of carboxylic acid groups (broad SMARTS) is 1. The largest absolute Gasteiger partial charge is 0.481 e. The molecule has 2 N–H and O–H groups in total. The van der Waals surface area contributed by atoms with Gasteiger partial charge in [-0.3, -0.25) is 9.59 Å². The van der Waals surface area contributed by atoms with Crippen molar-refractivity contribution in [3.8, 4) is 0 Å². The highest BCUT2D eigenvalue weighted by atomic mass is 16.4. The summed E-state index contributed by atoms with van der Waals surface area (Å²) in [4.78, 5) is 34.4. The van der Waals surface area contributed by atoms with Crippen molar-refractivity contribution in [2.45, 2.75) is 38.1 Å². The van der Waals surface area contributed by atoms with E-state index in [-0.39, 0.29) is 18.4 Å². The Labute approximate surface area is 158 Å². The summed E-state index contributed by atoms with van der Waals surface area (Å²) in [6.07, 6.45) is 4.74. The smallest absolute Gasteiger partial charge is 0.303 e. The Balaban J connectivity index is 1.69. The summed E-state index contributed by atoms with van der Waals surface area (Å²) in [6, 6.07) is 11.0. The number of nitrogens with zero attached hydrogens (tertiary/aromatic N) is 3. The van der Waals surface area contributed by atoms with Gasteiger partial charge in [-0.05, 0) is 37.3 Å². The number of aromatic nitrogens is 2. The average Bonchev–Trinajstić information content (AvgIpc) is 3.22. The number of aliphatic carboxylic acids is 1. The van der Waals surface area contributed by atoms with Gasteiger partial charge in [0.1, 0.15) is 5.69 Å². The molecule has 2 heterocycles. The molecule has 0 spiro atoms. The number of amides is 1. The molecule has 1 unspecified atom stereocenters. The molecule has 1 aliphatic heterocycles. The molecule has 1 amide bonds. The summed E-state index contributed by atoms with van der Waals surface area (Å²) in [7, 11) is 0. The molecule has 2 aromatic rings. The summed E-state index contributed by atoms with van der Waals surface area (Å²) in [5.41, 5.74) is 1.36. The van der Waals surface area contributed by atoms with E-state index in [9.17, 15) is 9.59 Å². The van der Waals surface area contributed by atoms with E-state index >= 15 is 0 Å². The van der Waals surface area contributed by atoms with Gasteiger partial charge in [-0.15, -0.1) is 0 Å². The van der Waals surface area contributed by atoms with Crippen LogP contribution < -0.4 is 10.2 Å². The van der Waals surface area contributed by atoms with Gasteiger partial charge in [-0.1, -0.05) is 30.3 Å². The Morgan fingerprint density at radius 2 is 1.89 bits per heavy atom. The lowest BCUT2D eigenvalue weighted by atomic mass is 10.0. The maximum atomic E-state index is 12.7. The molecule has 1 saturated heterocycles. The molecular formula is C20H24N4O3. The molecule has 27 heavy (non-hydrogen) atoms. The zero-order chi connectivity index (χ0) is 19.1. The normalized spacial score (nSPS) is 14.7. The second kappa shape index (κ2) is 9.12. The zero-order valence-corrected chi connectivity index (χ0v) is 15.2. The topological polar surface area (TPSA) is 95.4 Å². The van der Waals surface area contributed by atoms with E-state index in [0.717, 1.165) is 31.5 Å². The predicted molar refractivity (Wildman–Crippen MR) is 102 cm³/mol. The SMILES string of the molecule is O=C(O)CCC(Cc1ccccc1)NC(=O)c1ccnc(N2CCCC2)n1. The maximum absolute atomic E-state index is 12.7. The van der Waals surface area contributed by atoms with Crippen LogP contribution >= 0.6 is 0 Å². The minimum absolute atomic E-state index is 0.000577. The fraction of sp³-hybridized carbons (Fsp3) is 0.400. The van der Waals surface area contributed by atoms with E-state index in [2.05, 4.69) is 20.2 Å². The van der Waals surface area contributed by atoms with Crippen LogP contribution in [0.5, 0.6) is 0 Å². The molecular weight excluding hydrogens is 344 g/mol. The summed E-state index contributed by atoms with van der Waals surface area (Å²) >= 11 is 0. The van der Waals surface area contributed by atoms with Crippen LogP contribution in [0.1, 0.15) is 41.7 Å². The highest BCUT2D eigenvalue weighted by molar-refractivity contribution is 5.92. The molecule has 142 valence electrons. The van der Waals surface area contributed by atoms with Gasteiger partial charge in [0.25, 0.3) is 5.91 Å². The number of hydrogen-bond donors (Lipinski definition) is 2. The lowest BCUT2D eigenvalue weighted by Gasteiger charge is -2.19. The van der Waals surface area contributed by atoms with E-state index in [0.29, 0.717) is 24.5 Å². The number of benzene rings is 1. The van der Waals surface area contributed by atoms with Crippen LogP contribution in [0.25, 0.3) is 0 Å². The molecule has 7 nitrogen and oxygen atoms in total. The van der Waals surface area contributed by atoms with Crippen LogP contribution in [-0.2, 0) is 11.2 Å². The predicted octanol–water partition coefficient (Wildman–Crippen LogP) is 2.28. The summed E-state index contributed by atoms with van der Waals surface area (Å²) < 4.78 is 0. The Hall–Kier alpha value is -2.96. The van der Waals surface area contributed by atoms with Gasteiger partial charge in [0.2, 0.25) is 5.95 Å². The molecule has 0 bridgehead atoms. The summed E-state index contributed by atoms with van der Waals surface area (Å²) in [5, 5.41) is 11.9. The minimum atomic E-state index is -0.874. The number of carboxylic acids is 1. The number of rotatable bonds is 8. The van der Waals surface area contributed by atoms with Crippen LogP contribution in [-0.4, -0.2) is 46.1 Å². The number of nitrogens with one attached hydrogen (secondary N) is 1. The van der Waals surface area contributed by atoms with Crippen LogP contribution in [0.4, 0.5) is 5.95 Å². The van der Waals surface area contributed by atoms with Crippen molar-refractivity contribution in [2.75, 3.05) is 18.0 Å². The first-order valence-electron chi connectivity index (χ1n) is 9.26. The van der Waals surface area contributed by atoms with Gasteiger partial charge in [0.05, 0.1) is 0 Å². The average molecular weight is 368 g/mol. The zero-order valence-electron chi connectivity index (χ0n) is 15.2. The molecule has 1 aliphatic rings. The van der Waals surface area contributed by atoms with Crippen LogP contribution in [0, 0.1) is 0 Å². The highest BCUT2D eigenvalue weighted by Gasteiger charge is 2.19. The van der Waals surface area contributed by atoms with Crippen LogP contribution in [0.2, 0.25) is 0 Å².